The van der Waals surface area contributed by atoms with Crippen molar-refractivity contribution in [3.05, 3.63) is 53.7 Å². The number of nitrogens with zero attached hydrogens (tertiary/aromatic N) is 2. The van der Waals surface area contributed by atoms with Crippen molar-refractivity contribution < 1.29 is 9.53 Å². The summed E-state index contributed by atoms with van der Waals surface area (Å²) < 4.78 is 5.15. The zero-order valence-corrected chi connectivity index (χ0v) is 13.3. The van der Waals surface area contributed by atoms with Crippen LogP contribution in [0, 0.1) is 6.92 Å². The summed E-state index contributed by atoms with van der Waals surface area (Å²) >= 11 is 0. The molecule has 0 aliphatic heterocycles. The first-order chi connectivity index (χ1) is 10.5. The third-order valence-electron chi connectivity index (χ3n) is 3.62. The number of aromatic nitrogens is 1. The molecule has 2 aromatic rings. The van der Waals surface area contributed by atoms with Gasteiger partial charge in [-0.3, -0.25) is 5.32 Å². The van der Waals surface area contributed by atoms with Crippen molar-refractivity contribution >= 4 is 11.8 Å². The second kappa shape index (κ2) is 6.93. The second-order valence-electron chi connectivity index (χ2n) is 5.15. The fourth-order valence-corrected chi connectivity index (χ4v) is 2.09. The third kappa shape index (κ3) is 3.75. The highest BCUT2D eigenvalue weighted by atomic mass is 16.5. The van der Waals surface area contributed by atoms with Crippen LogP contribution in [0.5, 0.6) is 5.75 Å². The fraction of sp³-hybridized carbons (Fsp3) is 0.294. The van der Waals surface area contributed by atoms with Crippen LogP contribution in [0.15, 0.2) is 42.5 Å². The number of ether oxygens (including phenoxy) is 1. The maximum absolute atomic E-state index is 12.3. The van der Waals surface area contributed by atoms with Gasteiger partial charge in [0.25, 0.3) is 0 Å². The van der Waals surface area contributed by atoms with Gasteiger partial charge in [-0.25, -0.2) is 9.78 Å². The average molecular weight is 299 g/mol. The number of anilines is 1. The predicted molar refractivity (Wildman–Crippen MR) is 87.2 cm³/mol. The Morgan fingerprint density at radius 1 is 1.23 bits per heavy atom. The van der Waals surface area contributed by atoms with Crippen LogP contribution in [0.25, 0.3) is 0 Å². The number of nitrogens with one attached hydrogen (secondary N) is 1. The summed E-state index contributed by atoms with van der Waals surface area (Å²) in [6, 6.07) is 13.0. The van der Waals surface area contributed by atoms with Crippen LogP contribution < -0.4 is 10.1 Å². The summed E-state index contributed by atoms with van der Waals surface area (Å²) in [4.78, 5) is 18.2. The Morgan fingerprint density at radius 3 is 2.50 bits per heavy atom. The van der Waals surface area contributed by atoms with Gasteiger partial charge in [-0.1, -0.05) is 18.2 Å². The van der Waals surface area contributed by atoms with Gasteiger partial charge in [-0.05, 0) is 43.7 Å². The summed E-state index contributed by atoms with van der Waals surface area (Å²) in [5.41, 5.74) is 1.90. The number of aryl methyl sites for hydroxylation is 1. The van der Waals surface area contributed by atoms with E-state index in [4.69, 9.17) is 4.74 Å². The van der Waals surface area contributed by atoms with Gasteiger partial charge in [0.2, 0.25) is 0 Å². The number of methoxy groups -OCH3 is 1. The standard InChI is InChI=1S/C17H21N3O2/c1-12-6-5-7-16(18-12)19-17(21)20(3)13(2)14-8-10-15(22-4)11-9-14/h5-11,13H,1-4H3,(H,18,19,21). The number of hydrogen-bond acceptors (Lipinski definition) is 3. The van der Waals surface area contributed by atoms with Crippen LogP contribution in [-0.2, 0) is 0 Å². The lowest BCUT2D eigenvalue weighted by molar-refractivity contribution is 0.208. The number of amides is 2. The molecule has 1 atom stereocenters. The van der Waals surface area contributed by atoms with Crippen LogP contribution in [0.3, 0.4) is 0 Å². The number of benzene rings is 1. The van der Waals surface area contributed by atoms with E-state index in [9.17, 15) is 4.79 Å². The number of carbonyl (C=O) groups excluding carboxylic acids is 1. The monoisotopic (exact) mass is 299 g/mol. The van der Waals surface area contributed by atoms with E-state index in [1.807, 2.05) is 50.2 Å². The van der Waals surface area contributed by atoms with Crippen molar-refractivity contribution in [2.75, 3.05) is 19.5 Å². The zero-order valence-electron chi connectivity index (χ0n) is 13.3. The Hall–Kier alpha value is -2.56. The lowest BCUT2D eigenvalue weighted by Gasteiger charge is -2.25. The lowest BCUT2D eigenvalue weighted by atomic mass is 10.1. The number of hydrogen-bond donors (Lipinski definition) is 1. The quantitative estimate of drug-likeness (QED) is 0.938. The molecule has 0 radical (unpaired) electrons. The molecule has 5 nitrogen and oxygen atoms in total. The number of carbonyl (C=O) groups is 1. The van der Waals surface area contributed by atoms with Crippen LogP contribution in [0.1, 0.15) is 24.2 Å². The van der Waals surface area contributed by atoms with Crippen LogP contribution in [0.4, 0.5) is 10.6 Å². The summed E-state index contributed by atoms with van der Waals surface area (Å²) in [5.74, 6) is 1.35. The first-order valence-electron chi connectivity index (χ1n) is 7.12. The fourth-order valence-electron chi connectivity index (χ4n) is 2.09. The molecular formula is C17H21N3O2. The summed E-state index contributed by atoms with van der Waals surface area (Å²) in [6.07, 6.45) is 0. The molecule has 1 N–H and O–H groups in total. The number of rotatable bonds is 4. The molecule has 0 saturated heterocycles. The maximum Gasteiger partial charge on any atom is 0.323 e. The van der Waals surface area contributed by atoms with Crippen molar-refractivity contribution in [1.29, 1.82) is 0 Å². The Morgan fingerprint density at radius 2 is 1.91 bits per heavy atom. The third-order valence-corrected chi connectivity index (χ3v) is 3.62. The maximum atomic E-state index is 12.3. The van der Waals surface area contributed by atoms with Gasteiger partial charge in [-0.15, -0.1) is 0 Å². The minimum absolute atomic E-state index is 0.0595. The van der Waals surface area contributed by atoms with Crippen molar-refractivity contribution in [2.24, 2.45) is 0 Å². The Kier molecular flexibility index (Phi) is 4.99. The highest BCUT2D eigenvalue weighted by molar-refractivity contribution is 5.88. The zero-order chi connectivity index (χ0) is 16.1. The van der Waals surface area contributed by atoms with Crippen molar-refractivity contribution in [2.45, 2.75) is 19.9 Å². The van der Waals surface area contributed by atoms with E-state index in [0.29, 0.717) is 5.82 Å². The minimum Gasteiger partial charge on any atom is -0.497 e. The van der Waals surface area contributed by atoms with Crippen molar-refractivity contribution in [3.8, 4) is 5.75 Å². The molecule has 0 aliphatic rings. The topological polar surface area (TPSA) is 54.5 Å². The molecule has 5 heteroatoms. The minimum atomic E-state index is -0.193. The molecule has 22 heavy (non-hydrogen) atoms. The van der Waals surface area contributed by atoms with Gasteiger partial charge >= 0.3 is 6.03 Å². The summed E-state index contributed by atoms with van der Waals surface area (Å²) in [6.45, 7) is 3.87. The van der Waals surface area contributed by atoms with Gasteiger partial charge in [0.05, 0.1) is 13.2 Å². The van der Waals surface area contributed by atoms with E-state index in [2.05, 4.69) is 10.3 Å². The Balaban J connectivity index is 2.05. The molecule has 0 aliphatic carbocycles. The van der Waals surface area contributed by atoms with Gasteiger partial charge < -0.3 is 9.64 Å². The molecule has 1 unspecified atom stereocenters. The lowest BCUT2D eigenvalue weighted by Crippen LogP contribution is -2.33. The molecule has 116 valence electrons. The van der Waals surface area contributed by atoms with Crippen LogP contribution in [0.2, 0.25) is 0 Å². The molecule has 1 aromatic heterocycles. The number of urea groups is 1. The first-order valence-corrected chi connectivity index (χ1v) is 7.12. The Bertz CT molecular complexity index is 641. The molecule has 2 rings (SSSR count). The molecule has 0 bridgehead atoms. The smallest absolute Gasteiger partial charge is 0.323 e. The molecule has 0 saturated carbocycles. The Labute approximate surface area is 130 Å². The molecule has 0 spiro atoms. The van der Waals surface area contributed by atoms with E-state index in [0.717, 1.165) is 17.0 Å². The van der Waals surface area contributed by atoms with Crippen molar-refractivity contribution in [1.82, 2.24) is 9.88 Å². The van der Waals surface area contributed by atoms with Gasteiger partial charge in [0.15, 0.2) is 0 Å². The average Bonchev–Trinajstić information content (AvgIpc) is 2.53. The van der Waals surface area contributed by atoms with E-state index in [-0.39, 0.29) is 12.1 Å². The molecule has 1 heterocycles. The van der Waals surface area contributed by atoms with E-state index in [1.54, 1.807) is 25.1 Å². The van der Waals surface area contributed by atoms with Gasteiger partial charge in [-0.2, -0.15) is 0 Å². The summed E-state index contributed by atoms with van der Waals surface area (Å²) in [7, 11) is 3.40. The van der Waals surface area contributed by atoms with Crippen LogP contribution >= 0.6 is 0 Å². The van der Waals surface area contributed by atoms with E-state index < -0.39 is 0 Å². The normalized spacial score (nSPS) is 11.6. The number of pyridine rings is 1. The van der Waals surface area contributed by atoms with E-state index in [1.165, 1.54) is 0 Å². The SMILES string of the molecule is COc1ccc(C(C)N(C)C(=O)Nc2cccc(C)n2)cc1. The molecule has 0 fully saturated rings. The molecule has 2 amide bonds. The second-order valence-corrected chi connectivity index (χ2v) is 5.15. The highest BCUT2D eigenvalue weighted by Crippen LogP contribution is 2.22. The van der Waals surface area contributed by atoms with Gasteiger partial charge in [0, 0.05) is 12.7 Å². The van der Waals surface area contributed by atoms with Crippen LogP contribution in [-0.4, -0.2) is 30.1 Å². The van der Waals surface area contributed by atoms with E-state index >= 15 is 0 Å². The highest BCUT2D eigenvalue weighted by Gasteiger charge is 2.17. The molecule has 1 aromatic carbocycles. The summed E-state index contributed by atoms with van der Waals surface area (Å²) in [5, 5.41) is 2.81. The van der Waals surface area contributed by atoms with Crippen molar-refractivity contribution in [3.63, 3.8) is 0 Å². The largest absolute Gasteiger partial charge is 0.497 e. The molecular weight excluding hydrogens is 278 g/mol. The van der Waals surface area contributed by atoms with Gasteiger partial charge in [0.1, 0.15) is 11.6 Å². The predicted octanol–water partition coefficient (Wildman–Crippen LogP) is 3.62. The first kappa shape index (κ1) is 15.8.